The molecule has 0 aromatic carbocycles. The lowest BCUT2D eigenvalue weighted by molar-refractivity contribution is -0.285. The van der Waals surface area contributed by atoms with Crippen LogP contribution in [0.25, 0.3) is 0 Å². The van der Waals surface area contributed by atoms with Crippen LogP contribution in [0.2, 0.25) is 0 Å². The number of amides is 1. The summed E-state index contributed by atoms with van der Waals surface area (Å²) in [6, 6.07) is -1.43. The van der Waals surface area contributed by atoms with E-state index in [-0.39, 0.29) is 0 Å². The van der Waals surface area contributed by atoms with Crippen LogP contribution >= 0.6 is 0 Å². The molecular weight excluding hydrogens is 265 g/mol. The van der Waals surface area contributed by atoms with Gasteiger partial charge in [-0.1, -0.05) is 0 Å². The summed E-state index contributed by atoms with van der Waals surface area (Å²) in [5.41, 5.74) is -1.75. The minimum Gasteiger partial charge on any atom is -0.465 e. The van der Waals surface area contributed by atoms with E-state index >= 15 is 0 Å². The molecule has 18 heavy (non-hydrogen) atoms. The van der Waals surface area contributed by atoms with E-state index in [1.54, 1.807) is 5.32 Å². The fraction of sp³-hybridized carbons (Fsp3) is 0.889. The Morgan fingerprint density at radius 3 is 1.94 bits per heavy atom. The van der Waals surface area contributed by atoms with Crippen molar-refractivity contribution in [1.29, 1.82) is 0 Å². The summed E-state index contributed by atoms with van der Waals surface area (Å²) in [7, 11) is 0. The molecule has 0 radical (unpaired) electrons. The van der Waals surface area contributed by atoms with E-state index in [1.165, 1.54) is 0 Å². The summed E-state index contributed by atoms with van der Waals surface area (Å²) in [6.07, 6.45) is -9.76. The van der Waals surface area contributed by atoms with Gasteiger partial charge in [-0.3, -0.25) is 0 Å². The maximum Gasteiger partial charge on any atom is 0.453 e. The second kappa shape index (κ2) is 5.25. The SMILES string of the molecule is CC(C)(O)C(CCC(F)(F)C(F)(F)F)NC(=O)O. The summed E-state index contributed by atoms with van der Waals surface area (Å²) in [4.78, 5) is 10.3. The van der Waals surface area contributed by atoms with E-state index in [1.807, 2.05) is 0 Å². The Hall–Kier alpha value is -1.12. The van der Waals surface area contributed by atoms with Crippen molar-refractivity contribution >= 4 is 6.09 Å². The molecule has 0 aromatic rings. The maximum absolute atomic E-state index is 12.6. The highest BCUT2D eigenvalue weighted by molar-refractivity contribution is 5.65. The first-order valence-corrected chi connectivity index (χ1v) is 4.94. The van der Waals surface area contributed by atoms with Gasteiger partial charge in [-0.2, -0.15) is 22.0 Å². The number of aliphatic hydroxyl groups is 1. The first-order valence-electron chi connectivity index (χ1n) is 4.94. The maximum atomic E-state index is 12.6. The van der Waals surface area contributed by atoms with Gasteiger partial charge in [0.1, 0.15) is 0 Å². The minimum absolute atomic E-state index is 0.845. The lowest BCUT2D eigenvalue weighted by Gasteiger charge is -2.30. The molecule has 0 saturated carbocycles. The molecule has 0 spiro atoms. The van der Waals surface area contributed by atoms with Crippen LogP contribution in [-0.4, -0.2) is 40.0 Å². The van der Waals surface area contributed by atoms with Crippen molar-refractivity contribution in [3.63, 3.8) is 0 Å². The zero-order chi connectivity index (χ0) is 14.8. The second-order valence-electron chi connectivity index (χ2n) is 4.40. The first kappa shape index (κ1) is 16.9. The van der Waals surface area contributed by atoms with Crippen molar-refractivity contribution in [1.82, 2.24) is 5.32 Å². The number of hydrogen-bond donors (Lipinski definition) is 3. The monoisotopic (exact) mass is 279 g/mol. The highest BCUT2D eigenvalue weighted by Gasteiger charge is 2.57. The molecule has 0 aromatic heterocycles. The van der Waals surface area contributed by atoms with E-state index < -0.39 is 42.7 Å². The van der Waals surface area contributed by atoms with E-state index in [4.69, 9.17) is 5.11 Å². The summed E-state index contributed by atoms with van der Waals surface area (Å²) < 4.78 is 61.0. The second-order valence-corrected chi connectivity index (χ2v) is 4.40. The third-order valence-electron chi connectivity index (χ3n) is 2.31. The third-order valence-corrected chi connectivity index (χ3v) is 2.31. The van der Waals surface area contributed by atoms with Gasteiger partial charge in [-0.05, 0) is 20.3 Å². The number of halogens is 5. The standard InChI is InChI=1S/C9H14F5NO3/c1-7(2,18)5(15-6(16)17)3-4-8(10,11)9(12,13)14/h5,15,18H,3-4H2,1-2H3,(H,16,17). The Bertz CT molecular complexity index is 298. The van der Waals surface area contributed by atoms with Crippen LogP contribution in [0.15, 0.2) is 0 Å². The Balaban J connectivity index is 4.68. The van der Waals surface area contributed by atoms with Crippen LogP contribution in [-0.2, 0) is 0 Å². The van der Waals surface area contributed by atoms with Crippen molar-refractivity contribution in [2.75, 3.05) is 0 Å². The molecule has 108 valence electrons. The molecule has 0 rings (SSSR count). The molecule has 0 aliphatic carbocycles. The van der Waals surface area contributed by atoms with Crippen molar-refractivity contribution in [2.24, 2.45) is 0 Å². The average Bonchev–Trinajstić information content (AvgIpc) is 2.07. The van der Waals surface area contributed by atoms with Gasteiger partial charge in [0, 0.05) is 6.42 Å². The predicted molar refractivity (Wildman–Crippen MR) is 51.5 cm³/mol. The summed E-state index contributed by atoms with van der Waals surface area (Å²) >= 11 is 0. The van der Waals surface area contributed by atoms with Crippen LogP contribution in [0.5, 0.6) is 0 Å². The van der Waals surface area contributed by atoms with E-state index in [2.05, 4.69) is 0 Å². The molecule has 0 aliphatic rings. The van der Waals surface area contributed by atoms with Gasteiger partial charge < -0.3 is 15.5 Å². The summed E-state index contributed by atoms with van der Waals surface area (Å²) in [6.45, 7) is 2.22. The molecule has 0 fully saturated rings. The van der Waals surface area contributed by atoms with E-state index in [0.29, 0.717) is 0 Å². The Morgan fingerprint density at radius 2 is 1.67 bits per heavy atom. The molecule has 0 saturated heterocycles. The fourth-order valence-corrected chi connectivity index (χ4v) is 1.22. The van der Waals surface area contributed by atoms with Crippen LogP contribution in [0, 0.1) is 0 Å². The number of rotatable bonds is 5. The molecule has 0 aliphatic heterocycles. The van der Waals surface area contributed by atoms with Gasteiger partial charge in [0.05, 0.1) is 11.6 Å². The lowest BCUT2D eigenvalue weighted by atomic mass is 9.93. The van der Waals surface area contributed by atoms with Crippen LogP contribution in [0.1, 0.15) is 26.7 Å². The van der Waals surface area contributed by atoms with Crippen molar-refractivity contribution in [3.05, 3.63) is 0 Å². The molecule has 4 nitrogen and oxygen atoms in total. The molecule has 3 N–H and O–H groups in total. The number of carbonyl (C=O) groups is 1. The molecule has 0 heterocycles. The van der Waals surface area contributed by atoms with Crippen molar-refractivity contribution in [2.45, 2.75) is 50.4 Å². The minimum atomic E-state index is -5.69. The summed E-state index contributed by atoms with van der Waals surface area (Å²) in [5.74, 6) is -4.92. The van der Waals surface area contributed by atoms with Gasteiger partial charge in [0.25, 0.3) is 0 Å². The zero-order valence-electron chi connectivity index (χ0n) is 9.68. The zero-order valence-corrected chi connectivity index (χ0v) is 9.68. The number of hydrogen-bond acceptors (Lipinski definition) is 2. The smallest absolute Gasteiger partial charge is 0.453 e. The van der Waals surface area contributed by atoms with Crippen LogP contribution in [0.4, 0.5) is 26.7 Å². The fourth-order valence-electron chi connectivity index (χ4n) is 1.22. The van der Waals surface area contributed by atoms with Gasteiger partial charge >= 0.3 is 18.2 Å². The summed E-state index contributed by atoms with van der Waals surface area (Å²) in [5, 5.41) is 19.6. The Labute approximate surface area is 99.8 Å². The topological polar surface area (TPSA) is 69.6 Å². The van der Waals surface area contributed by atoms with Crippen LogP contribution in [0.3, 0.4) is 0 Å². The predicted octanol–water partition coefficient (Wildman–Crippen LogP) is 2.37. The quantitative estimate of drug-likeness (QED) is 0.677. The molecule has 1 amide bonds. The van der Waals surface area contributed by atoms with Gasteiger partial charge in [0.15, 0.2) is 0 Å². The molecule has 1 unspecified atom stereocenters. The molecule has 9 heteroatoms. The van der Waals surface area contributed by atoms with Gasteiger partial charge in [0.2, 0.25) is 0 Å². The third kappa shape index (κ3) is 5.03. The molecule has 1 atom stereocenters. The number of nitrogens with one attached hydrogen (secondary N) is 1. The Kier molecular flexibility index (Phi) is 4.92. The first-order chi connectivity index (χ1) is 7.77. The molecular formula is C9H14F5NO3. The number of alkyl halides is 5. The van der Waals surface area contributed by atoms with Crippen LogP contribution < -0.4 is 5.32 Å². The van der Waals surface area contributed by atoms with Gasteiger partial charge in [-0.15, -0.1) is 0 Å². The highest BCUT2D eigenvalue weighted by atomic mass is 19.4. The lowest BCUT2D eigenvalue weighted by Crippen LogP contribution is -2.50. The Morgan fingerprint density at radius 1 is 1.22 bits per heavy atom. The number of carboxylic acid groups (broad SMARTS) is 1. The van der Waals surface area contributed by atoms with Crippen molar-refractivity contribution < 1.29 is 37.0 Å². The normalized spacial score (nSPS) is 15.3. The molecule has 0 bridgehead atoms. The van der Waals surface area contributed by atoms with Gasteiger partial charge in [-0.25, -0.2) is 4.79 Å². The average molecular weight is 279 g/mol. The van der Waals surface area contributed by atoms with Crippen molar-refractivity contribution in [3.8, 4) is 0 Å². The van der Waals surface area contributed by atoms with E-state index in [0.717, 1.165) is 13.8 Å². The largest absolute Gasteiger partial charge is 0.465 e. The van der Waals surface area contributed by atoms with E-state index in [9.17, 15) is 31.9 Å². The highest BCUT2D eigenvalue weighted by Crippen LogP contribution is 2.39.